The van der Waals surface area contributed by atoms with Crippen LogP contribution in [0.1, 0.15) is 110 Å². The Morgan fingerprint density at radius 2 is 1.17 bits per heavy atom. The van der Waals surface area contributed by atoms with Crippen LogP contribution in [0.4, 0.5) is 0 Å². The summed E-state index contributed by atoms with van der Waals surface area (Å²) < 4.78 is 4.88. The standard InChI is InChI=1S/C28H47N2/c1-3-5-6-7-8-9-10-11-12-13-14-15-16-20-24-30-26-25-29(23-4-2)28(30)27-21-18-17-19-22-27/h17-19,21-22,25-26H,3-16,20,23-24H2,1-2H3/q+1. The molecule has 0 saturated carbocycles. The summed E-state index contributed by atoms with van der Waals surface area (Å²) in [4.78, 5) is 0. The lowest BCUT2D eigenvalue weighted by molar-refractivity contribution is -0.685. The molecule has 2 nitrogen and oxygen atoms in total. The molecule has 0 unspecified atom stereocenters. The quantitative estimate of drug-likeness (QED) is 0.172. The Morgan fingerprint density at radius 3 is 1.70 bits per heavy atom. The third-order valence-electron chi connectivity index (χ3n) is 6.22. The summed E-state index contributed by atoms with van der Waals surface area (Å²) in [7, 11) is 0. The molecule has 1 aromatic carbocycles. The summed E-state index contributed by atoms with van der Waals surface area (Å²) >= 11 is 0. The molecule has 1 heterocycles. The minimum atomic E-state index is 1.09. The first-order valence-electron chi connectivity index (χ1n) is 13.0. The molecule has 2 heteroatoms. The van der Waals surface area contributed by atoms with E-state index in [1.807, 2.05) is 0 Å². The highest BCUT2D eigenvalue weighted by molar-refractivity contribution is 5.52. The van der Waals surface area contributed by atoms with Gasteiger partial charge in [-0.1, -0.05) is 109 Å². The van der Waals surface area contributed by atoms with E-state index >= 15 is 0 Å². The maximum atomic E-state index is 2.46. The van der Waals surface area contributed by atoms with E-state index in [0.29, 0.717) is 0 Å². The maximum Gasteiger partial charge on any atom is 0.288 e. The van der Waals surface area contributed by atoms with Crippen LogP contribution in [0.2, 0.25) is 0 Å². The second-order valence-electron chi connectivity index (χ2n) is 8.97. The van der Waals surface area contributed by atoms with Gasteiger partial charge in [-0.2, -0.15) is 0 Å². The van der Waals surface area contributed by atoms with Crippen LogP contribution in [0.15, 0.2) is 42.7 Å². The smallest absolute Gasteiger partial charge is 0.230 e. The first kappa shape index (κ1) is 24.7. The van der Waals surface area contributed by atoms with Gasteiger partial charge in [0.2, 0.25) is 0 Å². The van der Waals surface area contributed by atoms with Crippen LogP contribution in [0.5, 0.6) is 0 Å². The van der Waals surface area contributed by atoms with Gasteiger partial charge in [0.05, 0.1) is 18.7 Å². The van der Waals surface area contributed by atoms with Gasteiger partial charge in [-0.05, 0) is 31.4 Å². The predicted octanol–water partition coefficient (Wildman–Crippen LogP) is 8.33. The third-order valence-corrected chi connectivity index (χ3v) is 6.22. The molecule has 0 spiro atoms. The highest BCUT2D eigenvalue weighted by Gasteiger charge is 2.18. The average Bonchev–Trinajstić information content (AvgIpc) is 3.17. The van der Waals surface area contributed by atoms with Crippen LogP contribution in [0.3, 0.4) is 0 Å². The summed E-state index contributed by atoms with van der Waals surface area (Å²) in [5, 5.41) is 0. The lowest BCUT2D eigenvalue weighted by atomic mass is 10.0. The van der Waals surface area contributed by atoms with Crippen molar-refractivity contribution < 1.29 is 4.57 Å². The van der Waals surface area contributed by atoms with Crippen LogP contribution >= 0.6 is 0 Å². The Balaban J connectivity index is 1.56. The SMILES string of the molecule is CCCCCCCCCCCCCCCCn1cc[n+](CCC)c1-c1ccccc1. The molecule has 0 bridgehead atoms. The highest BCUT2D eigenvalue weighted by atomic mass is 15.1. The van der Waals surface area contributed by atoms with Gasteiger partial charge < -0.3 is 0 Å². The van der Waals surface area contributed by atoms with Gasteiger partial charge in [0.15, 0.2) is 0 Å². The number of rotatable bonds is 18. The molecule has 2 aromatic rings. The first-order valence-corrected chi connectivity index (χ1v) is 13.0. The van der Waals surface area contributed by atoms with Gasteiger partial charge in [-0.25, -0.2) is 9.13 Å². The van der Waals surface area contributed by atoms with Crippen molar-refractivity contribution >= 4 is 0 Å². The molecule has 0 radical (unpaired) electrons. The molecule has 0 aliphatic heterocycles. The van der Waals surface area contributed by atoms with Crippen LogP contribution < -0.4 is 4.57 Å². The van der Waals surface area contributed by atoms with Crippen LogP contribution in [0, 0.1) is 0 Å². The van der Waals surface area contributed by atoms with Crippen molar-refractivity contribution in [3.05, 3.63) is 42.7 Å². The van der Waals surface area contributed by atoms with Crippen molar-refractivity contribution in [2.45, 2.75) is 123 Å². The normalized spacial score (nSPS) is 11.3. The Hall–Kier alpha value is -1.57. The van der Waals surface area contributed by atoms with Crippen LogP contribution in [-0.4, -0.2) is 4.57 Å². The van der Waals surface area contributed by atoms with Gasteiger partial charge in [-0.3, -0.25) is 0 Å². The first-order chi connectivity index (χ1) is 14.9. The summed E-state index contributed by atoms with van der Waals surface area (Å²) in [6.07, 6.45) is 25.6. The molecule has 2 rings (SSSR count). The fourth-order valence-corrected chi connectivity index (χ4v) is 4.46. The molecule has 0 saturated heterocycles. The van der Waals surface area contributed by atoms with Crippen molar-refractivity contribution in [1.82, 2.24) is 4.57 Å². The van der Waals surface area contributed by atoms with E-state index < -0.39 is 0 Å². The Labute approximate surface area is 186 Å². The summed E-state index contributed by atoms with van der Waals surface area (Å²) in [6.45, 7) is 6.78. The monoisotopic (exact) mass is 411 g/mol. The molecular formula is C28H47N2+. The van der Waals surface area contributed by atoms with Crippen LogP contribution in [-0.2, 0) is 13.1 Å². The molecule has 0 aliphatic rings. The second-order valence-corrected chi connectivity index (χ2v) is 8.97. The number of nitrogens with zero attached hydrogens (tertiary/aromatic N) is 2. The highest BCUT2D eigenvalue weighted by Crippen LogP contribution is 2.18. The van der Waals surface area contributed by atoms with E-state index in [-0.39, 0.29) is 0 Å². The second kappa shape index (κ2) is 16.2. The van der Waals surface area contributed by atoms with E-state index in [9.17, 15) is 0 Å². The Bertz CT molecular complexity index is 644. The topological polar surface area (TPSA) is 8.81 Å². The van der Waals surface area contributed by atoms with Crippen LogP contribution in [0.25, 0.3) is 11.4 Å². The van der Waals surface area contributed by atoms with Gasteiger partial charge in [-0.15, -0.1) is 0 Å². The van der Waals surface area contributed by atoms with E-state index in [2.05, 4.69) is 65.7 Å². The number of unbranched alkanes of at least 4 members (excludes halogenated alkanes) is 13. The number of aromatic nitrogens is 2. The molecule has 168 valence electrons. The van der Waals surface area contributed by atoms with E-state index in [1.54, 1.807) is 0 Å². The van der Waals surface area contributed by atoms with E-state index in [0.717, 1.165) is 13.1 Å². The number of hydrogen-bond donors (Lipinski definition) is 0. The Morgan fingerprint density at radius 1 is 0.633 bits per heavy atom. The molecule has 1 aromatic heterocycles. The molecule has 0 fully saturated rings. The van der Waals surface area contributed by atoms with Gasteiger partial charge in [0.1, 0.15) is 12.4 Å². The van der Waals surface area contributed by atoms with Gasteiger partial charge in [0, 0.05) is 0 Å². The van der Waals surface area contributed by atoms with E-state index in [4.69, 9.17) is 0 Å². The molecule has 30 heavy (non-hydrogen) atoms. The summed E-state index contributed by atoms with van der Waals surface area (Å²) in [5.74, 6) is 1.37. The number of imidazole rings is 1. The minimum absolute atomic E-state index is 1.09. The zero-order valence-corrected chi connectivity index (χ0v) is 20.0. The van der Waals surface area contributed by atoms with Gasteiger partial charge >= 0.3 is 0 Å². The Kier molecular flexibility index (Phi) is 13.3. The van der Waals surface area contributed by atoms with Crippen molar-refractivity contribution in [2.24, 2.45) is 0 Å². The average molecular weight is 412 g/mol. The summed E-state index contributed by atoms with van der Waals surface area (Å²) in [5.41, 5.74) is 1.33. The summed E-state index contributed by atoms with van der Waals surface area (Å²) in [6, 6.07) is 10.9. The maximum absolute atomic E-state index is 2.46. The van der Waals surface area contributed by atoms with Crippen molar-refractivity contribution in [2.75, 3.05) is 0 Å². The number of aryl methyl sites for hydroxylation is 2. The fraction of sp³-hybridized carbons (Fsp3) is 0.679. The lowest BCUT2D eigenvalue weighted by Crippen LogP contribution is -2.34. The zero-order valence-electron chi connectivity index (χ0n) is 20.0. The van der Waals surface area contributed by atoms with Crippen molar-refractivity contribution in [3.63, 3.8) is 0 Å². The number of benzene rings is 1. The molecule has 0 N–H and O–H groups in total. The van der Waals surface area contributed by atoms with Gasteiger partial charge in [0.25, 0.3) is 5.82 Å². The molecule has 0 aliphatic carbocycles. The van der Waals surface area contributed by atoms with E-state index in [1.165, 1.54) is 108 Å². The largest absolute Gasteiger partial charge is 0.288 e. The van der Waals surface area contributed by atoms with Crippen molar-refractivity contribution in [3.8, 4) is 11.4 Å². The molecular weight excluding hydrogens is 364 g/mol. The predicted molar refractivity (Wildman–Crippen MR) is 131 cm³/mol. The van der Waals surface area contributed by atoms with Crippen molar-refractivity contribution in [1.29, 1.82) is 0 Å². The molecule has 0 atom stereocenters. The fourth-order valence-electron chi connectivity index (χ4n) is 4.46. The molecule has 0 amide bonds. The lowest BCUT2D eigenvalue weighted by Gasteiger charge is -2.06. The number of hydrogen-bond acceptors (Lipinski definition) is 0. The third kappa shape index (κ3) is 9.49. The zero-order chi connectivity index (χ0) is 21.3. The minimum Gasteiger partial charge on any atom is -0.230 e.